The first-order chi connectivity index (χ1) is 17.7. The molecule has 2 aromatic carbocycles. The summed E-state index contributed by atoms with van der Waals surface area (Å²) in [5, 5.41) is 11.5. The lowest BCUT2D eigenvalue weighted by atomic mass is 10.2. The summed E-state index contributed by atoms with van der Waals surface area (Å²) < 4.78 is 44.7. The molecule has 10 nitrogen and oxygen atoms in total. The molecule has 0 spiro atoms. The van der Waals surface area contributed by atoms with E-state index < -0.39 is 21.7 Å². The Morgan fingerprint density at radius 1 is 1.11 bits per heavy atom. The minimum atomic E-state index is -3.93. The van der Waals surface area contributed by atoms with E-state index in [9.17, 15) is 17.6 Å². The molecule has 3 aromatic heterocycles. The van der Waals surface area contributed by atoms with Gasteiger partial charge in [-0.2, -0.15) is 10.2 Å². The number of benzene rings is 2. The van der Waals surface area contributed by atoms with E-state index in [0.29, 0.717) is 23.1 Å². The number of halogens is 2. The van der Waals surface area contributed by atoms with E-state index in [1.54, 1.807) is 25.4 Å². The minimum absolute atomic E-state index is 0.0115. The quantitative estimate of drug-likeness (QED) is 0.321. The summed E-state index contributed by atoms with van der Waals surface area (Å²) in [6.07, 6.45) is 4.33. The second-order valence-electron chi connectivity index (χ2n) is 8.09. The maximum absolute atomic E-state index is 13.4. The highest BCUT2D eigenvalue weighted by atomic mass is 35.5. The molecule has 5 aromatic rings. The molecular weight excluding hydrogens is 521 g/mol. The molecule has 0 bridgehead atoms. The Balaban J connectivity index is 1.35. The highest BCUT2D eigenvalue weighted by Crippen LogP contribution is 2.25. The smallest absolute Gasteiger partial charge is 0.274 e. The third kappa shape index (κ3) is 5.15. The number of rotatable bonds is 7. The van der Waals surface area contributed by atoms with Crippen LogP contribution in [-0.4, -0.2) is 38.9 Å². The molecule has 3 heterocycles. The summed E-state index contributed by atoms with van der Waals surface area (Å²) in [5.41, 5.74) is 1.96. The summed E-state index contributed by atoms with van der Waals surface area (Å²) in [4.78, 5) is 17.1. The van der Waals surface area contributed by atoms with E-state index >= 15 is 0 Å². The molecule has 0 radical (unpaired) electrons. The molecule has 0 saturated carbocycles. The van der Waals surface area contributed by atoms with Gasteiger partial charge in [0.05, 0.1) is 34.7 Å². The number of anilines is 2. The van der Waals surface area contributed by atoms with Crippen molar-refractivity contribution in [2.45, 2.75) is 11.4 Å². The standard InChI is InChI=1S/C24H19ClFN7O3S/c1-32-23(24(34)29-15-6-8-21(26)20(25)10-15)19-7-5-16(11-22(19)30-32)31-37(35,36)18-12-28-33(14-18)13-17-4-2-3-9-27-17/h2-12,14,31H,13H2,1H3,(H,29,34). The number of aromatic nitrogens is 5. The first-order valence-electron chi connectivity index (χ1n) is 10.9. The van der Waals surface area contributed by atoms with E-state index in [-0.39, 0.29) is 21.3 Å². The van der Waals surface area contributed by atoms with Crippen LogP contribution in [0.15, 0.2) is 78.1 Å². The highest BCUT2D eigenvalue weighted by molar-refractivity contribution is 7.92. The van der Waals surface area contributed by atoms with E-state index in [4.69, 9.17) is 11.6 Å². The van der Waals surface area contributed by atoms with Crippen molar-refractivity contribution in [1.82, 2.24) is 24.5 Å². The maximum atomic E-state index is 13.4. The van der Waals surface area contributed by atoms with Crippen LogP contribution in [0.4, 0.5) is 15.8 Å². The first kappa shape index (κ1) is 24.4. The lowest BCUT2D eigenvalue weighted by molar-refractivity contribution is 0.101. The fourth-order valence-corrected chi connectivity index (χ4v) is 4.92. The molecule has 5 rings (SSSR count). The van der Waals surface area contributed by atoms with Crippen molar-refractivity contribution in [3.63, 3.8) is 0 Å². The minimum Gasteiger partial charge on any atom is -0.321 e. The summed E-state index contributed by atoms with van der Waals surface area (Å²) in [6.45, 7) is 0.325. The summed E-state index contributed by atoms with van der Waals surface area (Å²) in [5.74, 6) is -1.08. The Morgan fingerprint density at radius 3 is 2.68 bits per heavy atom. The van der Waals surface area contributed by atoms with Gasteiger partial charge in [0.1, 0.15) is 16.4 Å². The molecule has 0 aliphatic carbocycles. The molecular formula is C24H19ClFN7O3S. The van der Waals surface area contributed by atoms with Gasteiger partial charge in [0.2, 0.25) is 0 Å². The number of nitrogens with zero attached hydrogens (tertiary/aromatic N) is 5. The normalized spacial score (nSPS) is 11.5. The number of amides is 1. The monoisotopic (exact) mass is 539 g/mol. The number of nitrogens with one attached hydrogen (secondary N) is 2. The van der Waals surface area contributed by atoms with Gasteiger partial charge >= 0.3 is 0 Å². The van der Waals surface area contributed by atoms with E-state index in [1.165, 1.54) is 46.0 Å². The van der Waals surface area contributed by atoms with Crippen LogP contribution >= 0.6 is 11.6 Å². The maximum Gasteiger partial charge on any atom is 0.274 e. The molecule has 0 saturated heterocycles. The highest BCUT2D eigenvalue weighted by Gasteiger charge is 2.20. The fourth-order valence-electron chi connectivity index (χ4n) is 3.74. The summed E-state index contributed by atoms with van der Waals surface area (Å²) >= 11 is 5.79. The number of hydrogen-bond donors (Lipinski definition) is 2. The van der Waals surface area contributed by atoms with Gasteiger partial charge in [-0.1, -0.05) is 17.7 Å². The second kappa shape index (κ2) is 9.64. The predicted molar refractivity (Wildman–Crippen MR) is 136 cm³/mol. The van der Waals surface area contributed by atoms with Gasteiger partial charge in [-0.15, -0.1) is 0 Å². The third-order valence-electron chi connectivity index (χ3n) is 5.45. The van der Waals surface area contributed by atoms with Crippen LogP contribution in [0.5, 0.6) is 0 Å². The predicted octanol–water partition coefficient (Wildman–Crippen LogP) is 4.06. The number of pyridine rings is 1. The Hall–Kier alpha value is -4.29. The number of carbonyl (C=O) groups is 1. The van der Waals surface area contributed by atoms with Gasteiger partial charge < -0.3 is 5.32 Å². The van der Waals surface area contributed by atoms with Crippen molar-refractivity contribution < 1.29 is 17.6 Å². The lowest BCUT2D eigenvalue weighted by Crippen LogP contribution is -2.16. The van der Waals surface area contributed by atoms with Gasteiger partial charge in [-0.05, 0) is 48.5 Å². The number of hydrogen-bond acceptors (Lipinski definition) is 6. The Labute approximate surface area is 215 Å². The molecule has 13 heteroatoms. The van der Waals surface area contributed by atoms with Crippen molar-refractivity contribution in [2.24, 2.45) is 7.05 Å². The molecule has 188 valence electrons. The molecule has 0 atom stereocenters. The molecule has 0 unspecified atom stereocenters. The SMILES string of the molecule is Cn1nc2cc(NS(=O)(=O)c3cnn(Cc4ccccn4)c3)ccc2c1C(=O)Nc1ccc(F)c(Cl)c1. The van der Waals surface area contributed by atoms with Crippen molar-refractivity contribution in [3.8, 4) is 0 Å². The second-order valence-corrected chi connectivity index (χ2v) is 10.2. The Bertz CT molecular complexity index is 1740. The largest absolute Gasteiger partial charge is 0.321 e. The molecule has 0 fully saturated rings. The van der Waals surface area contributed by atoms with Crippen molar-refractivity contribution in [2.75, 3.05) is 10.0 Å². The molecule has 2 N–H and O–H groups in total. The van der Waals surface area contributed by atoms with Crippen LogP contribution in [0.1, 0.15) is 16.2 Å². The summed E-state index contributed by atoms with van der Waals surface area (Å²) in [6, 6.07) is 14.0. The van der Waals surface area contributed by atoms with E-state index in [1.807, 2.05) is 12.1 Å². The van der Waals surface area contributed by atoms with Crippen LogP contribution in [0.3, 0.4) is 0 Å². The van der Waals surface area contributed by atoms with Crippen LogP contribution in [0.25, 0.3) is 10.9 Å². The van der Waals surface area contributed by atoms with Crippen molar-refractivity contribution in [3.05, 3.63) is 95.4 Å². The zero-order valence-electron chi connectivity index (χ0n) is 19.3. The Morgan fingerprint density at radius 2 is 1.92 bits per heavy atom. The van der Waals surface area contributed by atoms with Gasteiger partial charge in [-0.25, -0.2) is 12.8 Å². The molecule has 1 amide bonds. The number of fused-ring (bicyclic) bond motifs is 1. The zero-order chi connectivity index (χ0) is 26.2. The molecule has 0 aliphatic rings. The van der Waals surface area contributed by atoms with Crippen molar-refractivity contribution in [1.29, 1.82) is 0 Å². The lowest BCUT2D eigenvalue weighted by Gasteiger charge is -2.07. The first-order valence-corrected chi connectivity index (χ1v) is 12.7. The summed E-state index contributed by atoms with van der Waals surface area (Å²) in [7, 11) is -2.34. The van der Waals surface area contributed by atoms with Crippen LogP contribution < -0.4 is 10.0 Å². The number of sulfonamides is 1. The fraction of sp³-hybridized carbons (Fsp3) is 0.0833. The van der Waals surface area contributed by atoms with Crippen LogP contribution in [-0.2, 0) is 23.6 Å². The Kier molecular flexibility index (Phi) is 6.36. The topological polar surface area (TPSA) is 124 Å². The van der Waals surface area contributed by atoms with E-state index in [2.05, 4.69) is 25.2 Å². The molecule has 37 heavy (non-hydrogen) atoms. The van der Waals surface area contributed by atoms with Gasteiger partial charge in [0.25, 0.3) is 15.9 Å². The van der Waals surface area contributed by atoms with Gasteiger partial charge in [0.15, 0.2) is 0 Å². The van der Waals surface area contributed by atoms with Gasteiger partial charge in [-0.3, -0.25) is 23.9 Å². The van der Waals surface area contributed by atoms with Gasteiger partial charge in [0, 0.05) is 30.5 Å². The number of aryl methyl sites for hydroxylation is 1. The third-order valence-corrected chi connectivity index (χ3v) is 7.07. The van der Waals surface area contributed by atoms with Crippen molar-refractivity contribution >= 4 is 49.8 Å². The van der Waals surface area contributed by atoms with E-state index in [0.717, 1.165) is 11.8 Å². The van der Waals surface area contributed by atoms with Crippen LogP contribution in [0, 0.1) is 5.82 Å². The average molecular weight is 540 g/mol. The van der Waals surface area contributed by atoms with Crippen LogP contribution in [0.2, 0.25) is 5.02 Å². The average Bonchev–Trinajstić information content (AvgIpc) is 3.45. The molecule has 0 aliphatic heterocycles. The number of carbonyl (C=O) groups excluding carboxylic acids is 1. The zero-order valence-corrected chi connectivity index (χ0v) is 20.8.